The summed E-state index contributed by atoms with van der Waals surface area (Å²) in [5.74, 6) is 3.94. The van der Waals surface area contributed by atoms with Crippen LogP contribution in [0.3, 0.4) is 0 Å². The normalized spacial score (nSPS) is 33.5. The van der Waals surface area contributed by atoms with Crippen molar-refractivity contribution in [3.8, 4) is 5.75 Å². The molecule has 1 aromatic rings. The van der Waals surface area contributed by atoms with Crippen molar-refractivity contribution >= 4 is 5.69 Å². The van der Waals surface area contributed by atoms with Crippen LogP contribution in [0, 0.1) is 17.8 Å². The summed E-state index contributed by atoms with van der Waals surface area (Å²) in [7, 11) is 0. The largest absolute Gasteiger partial charge is 0.487 e. The molecule has 24 heavy (non-hydrogen) atoms. The Hall–Kier alpha value is -1.22. The molecular weight excluding hydrogens is 296 g/mol. The standard InChI is InChI=1S/C21H32N2O/c1-13(23-15(3)19-10-17-4-6-18(19)9-17)8-16-5-7-21-20(11-16)22-12-14(2)24-21/h5,7,11,13-15,17-19,22-23H,4,6,8-10,12H2,1-3H3. The molecule has 3 nitrogen and oxygen atoms in total. The molecule has 132 valence electrons. The number of hydrogen-bond acceptors (Lipinski definition) is 3. The second-order valence-electron chi connectivity index (χ2n) is 8.54. The molecule has 1 heterocycles. The van der Waals surface area contributed by atoms with E-state index in [4.69, 9.17) is 4.74 Å². The third-order valence-electron chi connectivity index (χ3n) is 6.48. The van der Waals surface area contributed by atoms with Crippen molar-refractivity contribution in [1.82, 2.24) is 5.32 Å². The van der Waals surface area contributed by atoms with Crippen molar-refractivity contribution in [2.45, 2.75) is 71.1 Å². The fourth-order valence-electron chi connectivity index (χ4n) is 5.35. The minimum atomic E-state index is 0.256. The molecule has 2 aliphatic carbocycles. The van der Waals surface area contributed by atoms with Gasteiger partial charge in [-0.05, 0) is 81.9 Å². The smallest absolute Gasteiger partial charge is 0.142 e. The Labute approximate surface area is 146 Å². The SMILES string of the molecule is CC(Cc1ccc2c(c1)NCC(C)O2)NC(C)C1CC2CCC1C2. The molecule has 0 amide bonds. The molecule has 2 saturated carbocycles. The number of benzene rings is 1. The number of nitrogens with one attached hydrogen (secondary N) is 2. The van der Waals surface area contributed by atoms with Gasteiger partial charge >= 0.3 is 0 Å². The zero-order valence-electron chi connectivity index (χ0n) is 15.3. The molecule has 0 radical (unpaired) electrons. The molecule has 0 aromatic heterocycles. The van der Waals surface area contributed by atoms with Gasteiger partial charge in [0.1, 0.15) is 11.9 Å². The molecule has 0 spiro atoms. The van der Waals surface area contributed by atoms with Crippen molar-refractivity contribution in [2.24, 2.45) is 17.8 Å². The van der Waals surface area contributed by atoms with Crippen molar-refractivity contribution in [2.75, 3.05) is 11.9 Å². The summed E-state index contributed by atoms with van der Waals surface area (Å²) in [6.07, 6.45) is 7.27. The summed E-state index contributed by atoms with van der Waals surface area (Å²) in [6.45, 7) is 7.74. The first-order valence-corrected chi connectivity index (χ1v) is 9.88. The third-order valence-corrected chi connectivity index (χ3v) is 6.48. The van der Waals surface area contributed by atoms with Gasteiger partial charge in [-0.2, -0.15) is 0 Å². The highest BCUT2D eigenvalue weighted by atomic mass is 16.5. The summed E-state index contributed by atoms with van der Waals surface area (Å²) in [6, 6.07) is 7.77. The van der Waals surface area contributed by atoms with E-state index in [9.17, 15) is 0 Å². The quantitative estimate of drug-likeness (QED) is 0.849. The molecule has 1 aliphatic heterocycles. The molecule has 0 saturated heterocycles. The Kier molecular flexibility index (Phi) is 4.46. The van der Waals surface area contributed by atoms with Crippen LogP contribution in [0.5, 0.6) is 5.75 Å². The van der Waals surface area contributed by atoms with Gasteiger partial charge in [-0.15, -0.1) is 0 Å². The monoisotopic (exact) mass is 328 g/mol. The maximum absolute atomic E-state index is 5.87. The highest BCUT2D eigenvalue weighted by molar-refractivity contribution is 5.59. The Morgan fingerprint density at radius 2 is 2.12 bits per heavy atom. The summed E-state index contributed by atoms with van der Waals surface area (Å²) in [4.78, 5) is 0. The fourth-order valence-corrected chi connectivity index (χ4v) is 5.35. The average molecular weight is 329 g/mol. The van der Waals surface area contributed by atoms with Gasteiger partial charge in [0.15, 0.2) is 0 Å². The van der Waals surface area contributed by atoms with Gasteiger partial charge in [0.2, 0.25) is 0 Å². The molecule has 3 aliphatic rings. The zero-order chi connectivity index (χ0) is 16.7. The van der Waals surface area contributed by atoms with E-state index in [1.807, 2.05) is 0 Å². The van der Waals surface area contributed by atoms with Crippen LogP contribution in [-0.2, 0) is 6.42 Å². The maximum Gasteiger partial charge on any atom is 0.142 e. The van der Waals surface area contributed by atoms with Crippen LogP contribution in [0.25, 0.3) is 0 Å². The van der Waals surface area contributed by atoms with E-state index in [1.165, 1.54) is 31.2 Å². The van der Waals surface area contributed by atoms with Crippen LogP contribution in [0.2, 0.25) is 0 Å². The predicted octanol–water partition coefficient (Wildman–Crippen LogP) is 4.22. The predicted molar refractivity (Wildman–Crippen MR) is 99.7 cm³/mol. The fraction of sp³-hybridized carbons (Fsp3) is 0.714. The number of ether oxygens (including phenoxy) is 1. The van der Waals surface area contributed by atoms with Crippen molar-refractivity contribution in [3.63, 3.8) is 0 Å². The van der Waals surface area contributed by atoms with Crippen LogP contribution in [-0.4, -0.2) is 24.7 Å². The lowest BCUT2D eigenvalue weighted by Gasteiger charge is -2.31. The molecule has 6 unspecified atom stereocenters. The van der Waals surface area contributed by atoms with E-state index in [0.29, 0.717) is 12.1 Å². The molecule has 4 rings (SSSR count). The average Bonchev–Trinajstić information content (AvgIpc) is 3.18. The van der Waals surface area contributed by atoms with Crippen LogP contribution < -0.4 is 15.4 Å². The second kappa shape index (κ2) is 6.59. The summed E-state index contributed by atoms with van der Waals surface area (Å²) in [5.41, 5.74) is 2.54. The minimum absolute atomic E-state index is 0.256. The number of fused-ring (bicyclic) bond motifs is 3. The van der Waals surface area contributed by atoms with Crippen LogP contribution >= 0.6 is 0 Å². The van der Waals surface area contributed by atoms with Gasteiger partial charge in [-0.1, -0.05) is 12.5 Å². The molecule has 1 aromatic carbocycles. The second-order valence-corrected chi connectivity index (χ2v) is 8.54. The molecular formula is C21H32N2O. The van der Waals surface area contributed by atoms with Crippen molar-refractivity contribution in [1.29, 1.82) is 0 Å². The lowest BCUT2D eigenvalue weighted by molar-refractivity contribution is 0.226. The molecule has 6 atom stereocenters. The van der Waals surface area contributed by atoms with Crippen LogP contribution in [0.1, 0.15) is 52.0 Å². The highest BCUT2D eigenvalue weighted by Gasteiger charge is 2.41. The number of rotatable bonds is 5. The van der Waals surface area contributed by atoms with E-state index in [1.54, 1.807) is 0 Å². The van der Waals surface area contributed by atoms with Gasteiger partial charge in [0.05, 0.1) is 12.2 Å². The first-order valence-electron chi connectivity index (χ1n) is 9.88. The third kappa shape index (κ3) is 3.28. The van der Waals surface area contributed by atoms with Gasteiger partial charge in [0.25, 0.3) is 0 Å². The van der Waals surface area contributed by atoms with E-state index in [0.717, 1.165) is 42.2 Å². The Bertz CT molecular complexity index is 587. The summed E-state index contributed by atoms with van der Waals surface area (Å²) in [5, 5.41) is 7.37. The maximum atomic E-state index is 5.87. The highest BCUT2D eigenvalue weighted by Crippen LogP contribution is 2.49. The molecule has 2 fully saturated rings. The van der Waals surface area contributed by atoms with Crippen molar-refractivity contribution < 1.29 is 4.74 Å². The van der Waals surface area contributed by atoms with Crippen LogP contribution in [0.4, 0.5) is 5.69 Å². The van der Waals surface area contributed by atoms with E-state index in [-0.39, 0.29) is 6.10 Å². The van der Waals surface area contributed by atoms with Gasteiger partial charge in [-0.25, -0.2) is 0 Å². The van der Waals surface area contributed by atoms with Gasteiger partial charge in [-0.3, -0.25) is 0 Å². The van der Waals surface area contributed by atoms with E-state index in [2.05, 4.69) is 49.6 Å². The number of anilines is 1. The molecule has 3 heteroatoms. The number of hydrogen-bond donors (Lipinski definition) is 2. The van der Waals surface area contributed by atoms with Crippen molar-refractivity contribution in [3.05, 3.63) is 23.8 Å². The Morgan fingerprint density at radius 1 is 1.25 bits per heavy atom. The first-order chi connectivity index (χ1) is 11.6. The first kappa shape index (κ1) is 16.3. The van der Waals surface area contributed by atoms with Crippen LogP contribution in [0.15, 0.2) is 18.2 Å². The summed E-state index contributed by atoms with van der Waals surface area (Å²) < 4.78 is 5.87. The van der Waals surface area contributed by atoms with Gasteiger partial charge < -0.3 is 15.4 Å². The van der Waals surface area contributed by atoms with Gasteiger partial charge in [0, 0.05) is 12.1 Å². The Balaban J connectivity index is 1.33. The van der Waals surface area contributed by atoms with E-state index >= 15 is 0 Å². The summed E-state index contributed by atoms with van der Waals surface area (Å²) >= 11 is 0. The lowest BCUT2D eigenvalue weighted by atomic mass is 9.83. The topological polar surface area (TPSA) is 33.3 Å². The lowest BCUT2D eigenvalue weighted by Crippen LogP contribution is -2.42. The Morgan fingerprint density at radius 3 is 2.88 bits per heavy atom. The van der Waals surface area contributed by atoms with E-state index < -0.39 is 0 Å². The minimum Gasteiger partial charge on any atom is -0.487 e. The molecule has 2 bridgehead atoms. The zero-order valence-corrected chi connectivity index (χ0v) is 15.3. The molecule has 2 N–H and O–H groups in total.